The molecule has 0 bridgehead atoms. The lowest BCUT2D eigenvalue weighted by atomic mass is 10.0. The van der Waals surface area contributed by atoms with E-state index in [0.717, 1.165) is 0 Å². The van der Waals surface area contributed by atoms with Crippen LogP contribution in [0, 0.1) is 5.82 Å². The highest BCUT2D eigenvalue weighted by atomic mass is 19.1. The van der Waals surface area contributed by atoms with Crippen molar-refractivity contribution in [3.05, 3.63) is 59.4 Å². The van der Waals surface area contributed by atoms with E-state index < -0.39 is 11.9 Å². The molecule has 0 radical (unpaired) electrons. The molecule has 1 heterocycles. The fourth-order valence-electron chi connectivity index (χ4n) is 2.34. The van der Waals surface area contributed by atoms with Crippen LogP contribution < -0.4 is 15.8 Å². The van der Waals surface area contributed by atoms with Crippen LogP contribution in [0.1, 0.15) is 17.2 Å². The van der Waals surface area contributed by atoms with Crippen molar-refractivity contribution in [1.29, 1.82) is 0 Å². The molecule has 3 rings (SSSR count). The summed E-state index contributed by atoms with van der Waals surface area (Å²) in [7, 11) is 0. The number of nitrogens with one attached hydrogen (secondary N) is 1. The summed E-state index contributed by atoms with van der Waals surface area (Å²) >= 11 is 0. The molecule has 0 fully saturated rings. The third kappa shape index (κ3) is 2.87. The average molecular weight is 286 g/mol. The topological polar surface area (TPSA) is 64.3 Å². The highest BCUT2D eigenvalue weighted by Crippen LogP contribution is 2.29. The molecule has 5 heteroatoms. The number of hydrogen-bond donors (Lipinski definition) is 2. The van der Waals surface area contributed by atoms with Gasteiger partial charge in [0.15, 0.2) is 0 Å². The molecule has 21 heavy (non-hydrogen) atoms. The Morgan fingerprint density at radius 3 is 2.81 bits per heavy atom. The summed E-state index contributed by atoms with van der Waals surface area (Å²) < 4.78 is 19.5. The van der Waals surface area contributed by atoms with Gasteiger partial charge in [0.1, 0.15) is 18.2 Å². The maximum atomic E-state index is 13.9. The molecule has 1 amide bonds. The van der Waals surface area contributed by atoms with Crippen molar-refractivity contribution in [1.82, 2.24) is 0 Å². The van der Waals surface area contributed by atoms with Crippen molar-refractivity contribution in [2.75, 3.05) is 11.9 Å². The molecular weight excluding hydrogens is 271 g/mol. The van der Waals surface area contributed by atoms with Gasteiger partial charge in [-0.1, -0.05) is 24.3 Å². The van der Waals surface area contributed by atoms with E-state index in [1.165, 1.54) is 6.07 Å². The minimum Gasteiger partial charge on any atom is -0.492 e. The Hall–Kier alpha value is -2.40. The van der Waals surface area contributed by atoms with E-state index in [4.69, 9.17) is 10.5 Å². The van der Waals surface area contributed by atoms with Crippen molar-refractivity contribution in [3.8, 4) is 5.75 Å². The molecule has 0 spiro atoms. The van der Waals surface area contributed by atoms with Crippen LogP contribution in [0.3, 0.4) is 0 Å². The second-order valence-corrected chi connectivity index (χ2v) is 4.99. The van der Waals surface area contributed by atoms with E-state index in [0.29, 0.717) is 16.9 Å². The highest BCUT2D eigenvalue weighted by Gasteiger charge is 2.23. The Kier molecular flexibility index (Phi) is 3.58. The van der Waals surface area contributed by atoms with Crippen LogP contribution in [0.15, 0.2) is 42.5 Å². The third-order valence-corrected chi connectivity index (χ3v) is 3.41. The van der Waals surface area contributed by atoms with Crippen LogP contribution in [0.2, 0.25) is 0 Å². The standard InChI is InChI=1S/C16H15FN2O2/c17-13-7-10(6-11-8-15(20)19-16(11)13)14(18)9-21-12-4-2-1-3-5-12/h1-7,14H,8-9,18H2,(H,19,20). The third-order valence-electron chi connectivity index (χ3n) is 3.41. The van der Waals surface area contributed by atoms with Gasteiger partial charge >= 0.3 is 0 Å². The molecule has 0 saturated heterocycles. The molecule has 3 N–H and O–H groups in total. The average Bonchev–Trinajstić information content (AvgIpc) is 2.87. The fraction of sp³-hybridized carbons (Fsp3) is 0.188. The minimum atomic E-state index is -0.458. The van der Waals surface area contributed by atoms with Gasteiger partial charge in [0, 0.05) is 0 Å². The van der Waals surface area contributed by atoms with Crippen molar-refractivity contribution in [2.45, 2.75) is 12.5 Å². The number of fused-ring (bicyclic) bond motifs is 1. The van der Waals surface area contributed by atoms with Crippen molar-refractivity contribution in [3.63, 3.8) is 0 Å². The van der Waals surface area contributed by atoms with E-state index in [2.05, 4.69) is 5.32 Å². The van der Waals surface area contributed by atoms with Crippen molar-refractivity contribution >= 4 is 11.6 Å². The van der Waals surface area contributed by atoms with Gasteiger partial charge < -0.3 is 15.8 Å². The predicted octanol–water partition coefficient (Wildman–Crippen LogP) is 2.40. The zero-order chi connectivity index (χ0) is 14.8. The summed E-state index contributed by atoms with van der Waals surface area (Å²) in [6.45, 7) is 0.240. The number of hydrogen-bond acceptors (Lipinski definition) is 3. The van der Waals surface area contributed by atoms with Gasteiger partial charge in [-0.05, 0) is 29.3 Å². The zero-order valence-corrected chi connectivity index (χ0v) is 11.3. The highest BCUT2D eigenvalue weighted by molar-refractivity contribution is 5.99. The van der Waals surface area contributed by atoms with Crippen LogP contribution in [0.25, 0.3) is 0 Å². The molecule has 2 aromatic carbocycles. The first kappa shape index (κ1) is 13.6. The lowest BCUT2D eigenvalue weighted by molar-refractivity contribution is -0.115. The number of benzene rings is 2. The molecule has 1 aliphatic heterocycles. The number of rotatable bonds is 4. The van der Waals surface area contributed by atoms with Crippen molar-refractivity contribution < 1.29 is 13.9 Å². The van der Waals surface area contributed by atoms with Crippen LogP contribution in [-0.2, 0) is 11.2 Å². The maximum Gasteiger partial charge on any atom is 0.228 e. The van der Waals surface area contributed by atoms with Gasteiger partial charge in [0.2, 0.25) is 5.91 Å². The number of carbonyl (C=O) groups excluding carboxylic acids is 1. The smallest absolute Gasteiger partial charge is 0.228 e. The van der Waals surface area contributed by atoms with Gasteiger partial charge in [-0.15, -0.1) is 0 Å². The van der Waals surface area contributed by atoms with E-state index in [1.54, 1.807) is 6.07 Å². The number of halogens is 1. The first-order chi connectivity index (χ1) is 10.1. The summed E-state index contributed by atoms with van der Waals surface area (Å²) in [6, 6.07) is 11.9. The second kappa shape index (κ2) is 5.54. The molecular formula is C16H15FN2O2. The molecule has 1 aliphatic rings. The number of anilines is 1. The summed E-state index contributed by atoms with van der Waals surface area (Å²) in [5, 5.41) is 2.50. The molecule has 1 unspecified atom stereocenters. The number of para-hydroxylation sites is 1. The molecule has 4 nitrogen and oxygen atoms in total. The van der Waals surface area contributed by atoms with Gasteiger partial charge in [-0.2, -0.15) is 0 Å². The lowest BCUT2D eigenvalue weighted by Gasteiger charge is -2.15. The Labute approximate surface area is 121 Å². The molecule has 0 aliphatic carbocycles. The van der Waals surface area contributed by atoms with E-state index in [9.17, 15) is 9.18 Å². The van der Waals surface area contributed by atoms with Crippen LogP contribution in [0.5, 0.6) is 5.75 Å². The molecule has 0 aromatic heterocycles. The van der Waals surface area contributed by atoms with Gasteiger partial charge in [-0.3, -0.25) is 4.79 Å². The Balaban J connectivity index is 1.73. The number of carbonyl (C=O) groups is 1. The summed E-state index contributed by atoms with van der Waals surface area (Å²) in [5.41, 5.74) is 7.57. The van der Waals surface area contributed by atoms with E-state index >= 15 is 0 Å². The molecule has 0 saturated carbocycles. The van der Waals surface area contributed by atoms with Crippen LogP contribution in [-0.4, -0.2) is 12.5 Å². The minimum absolute atomic E-state index is 0.187. The van der Waals surface area contributed by atoms with E-state index in [1.807, 2.05) is 30.3 Å². The first-order valence-electron chi connectivity index (χ1n) is 6.69. The monoisotopic (exact) mass is 286 g/mol. The Bertz CT molecular complexity index is 673. The number of amides is 1. The zero-order valence-electron chi connectivity index (χ0n) is 11.3. The maximum absolute atomic E-state index is 13.9. The molecule has 108 valence electrons. The van der Waals surface area contributed by atoms with Crippen LogP contribution in [0.4, 0.5) is 10.1 Å². The van der Waals surface area contributed by atoms with E-state index in [-0.39, 0.29) is 24.6 Å². The Morgan fingerprint density at radius 1 is 1.29 bits per heavy atom. The fourth-order valence-corrected chi connectivity index (χ4v) is 2.34. The van der Waals surface area contributed by atoms with Gasteiger partial charge in [0.25, 0.3) is 0 Å². The quantitative estimate of drug-likeness (QED) is 0.907. The number of nitrogens with two attached hydrogens (primary N) is 1. The van der Waals surface area contributed by atoms with Crippen molar-refractivity contribution in [2.24, 2.45) is 5.73 Å². The summed E-state index contributed by atoms with van der Waals surface area (Å²) in [6.07, 6.45) is 0.187. The predicted molar refractivity (Wildman–Crippen MR) is 77.6 cm³/mol. The second-order valence-electron chi connectivity index (χ2n) is 4.99. The normalized spacial score (nSPS) is 14.5. The number of ether oxygens (including phenoxy) is 1. The van der Waals surface area contributed by atoms with Gasteiger partial charge in [0.05, 0.1) is 18.2 Å². The summed E-state index contributed by atoms with van der Waals surface area (Å²) in [4.78, 5) is 11.3. The largest absolute Gasteiger partial charge is 0.492 e. The van der Waals surface area contributed by atoms with Gasteiger partial charge in [-0.25, -0.2) is 4.39 Å². The molecule has 1 atom stereocenters. The molecule has 2 aromatic rings. The first-order valence-corrected chi connectivity index (χ1v) is 6.69. The summed E-state index contributed by atoms with van der Waals surface area (Å²) in [5.74, 6) is 0.0603. The SMILES string of the molecule is NC(COc1ccccc1)c1cc(F)c2c(c1)CC(=O)N2. The van der Waals surface area contributed by atoms with Crippen LogP contribution >= 0.6 is 0 Å². The lowest BCUT2D eigenvalue weighted by Crippen LogP contribution is -2.19. The Morgan fingerprint density at radius 2 is 2.05 bits per heavy atom.